The van der Waals surface area contributed by atoms with E-state index in [4.69, 9.17) is 0 Å². The first kappa shape index (κ1) is 23.4. The molecule has 3 rings (SSSR count). The van der Waals surface area contributed by atoms with Crippen LogP contribution in [0.1, 0.15) is 26.2 Å². The Kier molecular flexibility index (Phi) is 7.47. The molecule has 2 aromatic rings. The van der Waals surface area contributed by atoms with Crippen molar-refractivity contribution in [3.8, 4) is 0 Å². The number of carbonyl (C=O) groups is 1. The molecule has 0 spiro atoms. The van der Waals surface area contributed by atoms with E-state index in [0.29, 0.717) is 24.7 Å². The third kappa shape index (κ3) is 6.13. The molecule has 31 heavy (non-hydrogen) atoms. The van der Waals surface area contributed by atoms with Crippen molar-refractivity contribution in [2.45, 2.75) is 36.0 Å². The Morgan fingerprint density at radius 1 is 1.00 bits per heavy atom. The first-order chi connectivity index (χ1) is 14.7. The highest BCUT2D eigenvalue weighted by Crippen LogP contribution is 2.24. The molecule has 2 N–H and O–H groups in total. The lowest BCUT2D eigenvalue weighted by Gasteiger charge is -2.30. The zero-order chi connectivity index (χ0) is 22.5. The Balaban J connectivity index is 1.53. The number of piperidine rings is 1. The number of sulfonamides is 2. The lowest BCUT2D eigenvalue weighted by atomic mass is 10.0. The van der Waals surface area contributed by atoms with Gasteiger partial charge in [-0.1, -0.05) is 25.1 Å². The smallest absolute Gasteiger partial charge is 0.243 e. The highest BCUT2D eigenvalue weighted by molar-refractivity contribution is 7.89. The van der Waals surface area contributed by atoms with Gasteiger partial charge in [0.1, 0.15) is 0 Å². The zero-order valence-electron chi connectivity index (χ0n) is 17.3. The molecule has 1 amide bonds. The second kappa shape index (κ2) is 9.90. The van der Waals surface area contributed by atoms with Crippen molar-refractivity contribution in [2.24, 2.45) is 5.92 Å². The minimum Gasteiger partial charge on any atom is -0.326 e. The van der Waals surface area contributed by atoms with Crippen LogP contribution in [-0.2, 0) is 24.8 Å². The highest BCUT2D eigenvalue weighted by Gasteiger charge is 2.28. The van der Waals surface area contributed by atoms with Gasteiger partial charge in [-0.15, -0.1) is 0 Å². The first-order valence-electron chi connectivity index (χ1n) is 10.1. The molecule has 0 saturated carbocycles. The number of hydrogen-bond acceptors (Lipinski definition) is 5. The van der Waals surface area contributed by atoms with Crippen molar-refractivity contribution in [1.82, 2.24) is 9.03 Å². The molecule has 10 heteroatoms. The van der Waals surface area contributed by atoms with Crippen LogP contribution in [0.15, 0.2) is 64.4 Å². The molecule has 1 saturated heterocycles. The number of hydrogen-bond donors (Lipinski definition) is 2. The average molecular weight is 466 g/mol. The standard InChI is InChI=1S/C21H27N3O5S2/c1-17-6-5-15-24(16-17)31(28,29)20-11-9-18(10-12-20)23-21(25)13-14-22-30(26,27)19-7-3-2-4-8-19/h2-4,7-12,17,22H,5-6,13-16H2,1H3,(H,23,25). The molecule has 1 atom stereocenters. The van der Waals surface area contributed by atoms with Crippen LogP contribution in [0.2, 0.25) is 0 Å². The molecular weight excluding hydrogens is 438 g/mol. The van der Waals surface area contributed by atoms with E-state index in [1.165, 1.54) is 40.7 Å². The Morgan fingerprint density at radius 3 is 2.32 bits per heavy atom. The number of benzene rings is 2. The van der Waals surface area contributed by atoms with Crippen molar-refractivity contribution < 1.29 is 21.6 Å². The summed E-state index contributed by atoms with van der Waals surface area (Å²) >= 11 is 0. The number of carbonyl (C=O) groups excluding carboxylic acids is 1. The summed E-state index contributed by atoms with van der Waals surface area (Å²) in [5.74, 6) is -0.0439. The minimum atomic E-state index is -3.67. The number of anilines is 1. The Hall–Kier alpha value is -2.27. The van der Waals surface area contributed by atoms with Gasteiger partial charge in [0.25, 0.3) is 0 Å². The van der Waals surface area contributed by atoms with Crippen LogP contribution < -0.4 is 10.0 Å². The van der Waals surface area contributed by atoms with Gasteiger partial charge >= 0.3 is 0 Å². The molecule has 8 nitrogen and oxygen atoms in total. The van der Waals surface area contributed by atoms with Crippen molar-refractivity contribution in [1.29, 1.82) is 0 Å². The summed E-state index contributed by atoms with van der Waals surface area (Å²) in [6.45, 7) is 3.02. The SMILES string of the molecule is CC1CCCN(S(=O)(=O)c2ccc(NC(=O)CCNS(=O)(=O)c3ccccc3)cc2)C1. The van der Waals surface area contributed by atoms with Crippen molar-refractivity contribution in [2.75, 3.05) is 25.0 Å². The van der Waals surface area contributed by atoms with Gasteiger partial charge < -0.3 is 5.32 Å². The van der Waals surface area contributed by atoms with Gasteiger partial charge in [0.2, 0.25) is 26.0 Å². The fourth-order valence-corrected chi connectivity index (χ4v) is 6.08. The van der Waals surface area contributed by atoms with Crippen LogP contribution in [-0.4, -0.2) is 46.7 Å². The topological polar surface area (TPSA) is 113 Å². The fourth-order valence-electron chi connectivity index (χ4n) is 3.43. The van der Waals surface area contributed by atoms with E-state index in [-0.39, 0.29) is 28.7 Å². The van der Waals surface area contributed by atoms with Gasteiger partial charge in [0.15, 0.2) is 0 Å². The molecule has 0 aromatic heterocycles. The second-order valence-corrected chi connectivity index (χ2v) is 11.3. The first-order valence-corrected chi connectivity index (χ1v) is 13.1. The van der Waals surface area contributed by atoms with E-state index in [9.17, 15) is 21.6 Å². The molecule has 0 aliphatic carbocycles. The summed E-state index contributed by atoms with van der Waals surface area (Å²) < 4.78 is 53.8. The van der Waals surface area contributed by atoms with E-state index >= 15 is 0 Å². The molecule has 168 valence electrons. The lowest BCUT2D eigenvalue weighted by Crippen LogP contribution is -2.39. The molecule has 1 heterocycles. The molecule has 1 fully saturated rings. The molecule has 2 aromatic carbocycles. The van der Waals surface area contributed by atoms with E-state index in [0.717, 1.165) is 12.8 Å². The summed E-state index contributed by atoms with van der Waals surface area (Å²) in [6.07, 6.45) is 1.82. The molecule has 0 radical (unpaired) electrons. The van der Waals surface area contributed by atoms with Crippen LogP contribution >= 0.6 is 0 Å². The third-order valence-corrected chi connectivity index (χ3v) is 8.45. The minimum absolute atomic E-state index is 0.0529. The van der Waals surface area contributed by atoms with E-state index < -0.39 is 20.0 Å². The van der Waals surface area contributed by atoms with E-state index in [1.807, 2.05) is 6.92 Å². The van der Waals surface area contributed by atoms with Crippen molar-refractivity contribution in [3.05, 3.63) is 54.6 Å². The summed E-state index contributed by atoms with van der Waals surface area (Å²) in [4.78, 5) is 12.5. The number of rotatable bonds is 8. The second-order valence-electron chi connectivity index (χ2n) is 7.64. The van der Waals surface area contributed by atoms with Gasteiger partial charge in [0.05, 0.1) is 9.79 Å². The maximum Gasteiger partial charge on any atom is 0.243 e. The van der Waals surface area contributed by atoms with Crippen LogP contribution in [0.25, 0.3) is 0 Å². The van der Waals surface area contributed by atoms with Crippen LogP contribution in [0.3, 0.4) is 0 Å². The number of amides is 1. The van der Waals surface area contributed by atoms with E-state index in [2.05, 4.69) is 10.0 Å². The van der Waals surface area contributed by atoms with Gasteiger partial charge in [-0.2, -0.15) is 4.31 Å². The molecule has 0 bridgehead atoms. The molecular formula is C21H27N3O5S2. The highest BCUT2D eigenvalue weighted by atomic mass is 32.2. The summed E-state index contributed by atoms with van der Waals surface area (Å²) in [5, 5.41) is 2.65. The van der Waals surface area contributed by atoms with Gasteiger partial charge in [0, 0.05) is 31.7 Å². The quantitative estimate of drug-likeness (QED) is 0.622. The zero-order valence-corrected chi connectivity index (χ0v) is 19.0. The Morgan fingerprint density at radius 2 is 1.68 bits per heavy atom. The summed E-state index contributed by atoms with van der Waals surface area (Å²) in [7, 11) is -7.22. The van der Waals surface area contributed by atoms with Crippen LogP contribution in [0, 0.1) is 5.92 Å². The molecule has 1 unspecified atom stereocenters. The largest absolute Gasteiger partial charge is 0.326 e. The maximum absolute atomic E-state index is 12.8. The monoisotopic (exact) mass is 465 g/mol. The average Bonchev–Trinajstić information content (AvgIpc) is 2.74. The normalized spacial score (nSPS) is 17.9. The van der Waals surface area contributed by atoms with Crippen molar-refractivity contribution in [3.63, 3.8) is 0 Å². The van der Waals surface area contributed by atoms with E-state index in [1.54, 1.807) is 18.2 Å². The third-order valence-electron chi connectivity index (χ3n) is 5.09. The van der Waals surface area contributed by atoms with Gasteiger partial charge in [-0.3, -0.25) is 4.79 Å². The summed E-state index contributed by atoms with van der Waals surface area (Å²) in [5.41, 5.74) is 0.446. The van der Waals surface area contributed by atoms with Crippen molar-refractivity contribution >= 4 is 31.6 Å². The molecule has 1 aliphatic rings. The van der Waals surface area contributed by atoms with Gasteiger partial charge in [-0.05, 0) is 55.2 Å². The lowest BCUT2D eigenvalue weighted by molar-refractivity contribution is -0.116. The summed E-state index contributed by atoms with van der Waals surface area (Å²) in [6, 6.07) is 13.9. The Labute approximate surface area is 183 Å². The fraction of sp³-hybridized carbons (Fsp3) is 0.381. The number of nitrogens with one attached hydrogen (secondary N) is 2. The molecule has 1 aliphatic heterocycles. The predicted molar refractivity (Wildman–Crippen MR) is 118 cm³/mol. The van der Waals surface area contributed by atoms with Crippen LogP contribution in [0.4, 0.5) is 5.69 Å². The van der Waals surface area contributed by atoms with Crippen LogP contribution in [0.5, 0.6) is 0 Å². The Bertz CT molecular complexity index is 1100. The number of nitrogens with zero attached hydrogens (tertiary/aromatic N) is 1. The predicted octanol–water partition coefficient (Wildman–Crippen LogP) is 2.41. The maximum atomic E-state index is 12.8. The van der Waals surface area contributed by atoms with Gasteiger partial charge in [-0.25, -0.2) is 21.6 Å².